The van der Waals surface area contributed by atoms with Gasteiger partial charge in [0.1, 0.15) is 0 Å². The normalized spacial score (nSPS) is 10.9. The first-order chi connectivity index (χ1) is 9.11. The molecule has 1 aromatic carbocycles. The molecular weight excluding hydrogens is 258 g/mol. The summed E-state index contributed by atoms with van der Waals surface area (Å²) < 4.78 is 1.96. The van der Waals surface area contributed by atoms with E-state index in [4.69, 9.17) is 11.6 Å². The van der Waals surface area contributed by atoms with Crippen molar-refractivity contribution in [3.8, 4) is 0 Å². The van der Waals surface area contributed by atoms with Crippen LogP contribution >= 0.6 is 11.6 Å². The van der Waals surface area contributed by atoms with Gasteiger partial charge in [0, 0.05) is 6.54 Å². The second-order valence-corrected chi connectivity index (χ2v) is 5.12. The molecule has 1 aromatic heterocycles. The molecule has 102 valence electrons. The molecule has 1 heterocycles. The summed E-state index contributed by atoms with van der Waals surface area (Å²) >= 11 is 6.16. The Hall–Kier alpha value is -1.32. The molecule has 4 heteroatoms. The first-order valence-corrected chi connectivity index (χ1v) is 6.97. The Morgan fingerprint density at radius 2 is 1.79 bits per heavy atom. The van der Waals surface area contributed by atoms with Crippen LogP contribution < -0.4 is 5.32 Å². The number of rotatable bonds is 5. The predicted octanol–water partition coefficient (Wildman–Crippen LogP) is 3.31. The first-order valence-electron chi connectivity index (χ1n) is 6.60. The maximum absolute atomic E-state index is 6.16. The minimum Gasteiger partial charge on any atom is -0.313 e. The molecule has 19 heavy (non-hydrogen) atoms. The monoisotopic (exact) mass is 277 g/mol. The van der Waals surface area contributed by atoms with E-state index in [0.29, 0.717) is 0 Å². The molecule has 0 aliphatic carbocycles. The van der Waals surface area contributed by atoms with Crippen molar-refractivity contribution >= 4 is 11.6 Å². The quantitative estimate of drug-likeness (QED) is 0.909. The molecule has 1 N–H and O–H groups in total. The van der Waals surface area contributed by atoms with E-state index in [2.05, 4.69) is 41.6 Å². The Morgan fingerprint density at radius 1 is 1.16 bits per heavy atom. The molecule has 0 aliphatic rings. The van der Waals surface area contributed by atoms with Crippen molar-refractivity contribution in [3.63, 3.8) is 0 Å². The Kier molecular flexibility index (Phi) is 4.61. The number of hydrogen-bond acceptors (Lipinski definition) is 2. The van der Waals surface area contributed by atoms with E-state index < -0.39 is 0 Å². The first kappa shape index (κ1) is 14.1. The van der Waals surface area contributed by atoms with E-state index in [0.717, 1.165) is 36.0 Å². The molecular formula is C15H20ClN3. The lowest BCUT2D eigenvalue weighted by atomic mass is 10.1. The van der Waals surface area contributed by atoms with Gasteiger partial charge in [-0.25, -0.2) is 0 Å². The summed E-state index contributed by atoms with van der Waals surface area (Å²) in [4.78, 5) is 0. The number of aromatic nitrogens is 2. The van der Waals surface area contributed by atoms with Crippen LogP contribution in [0, 0.1) is 13.8 Å². The summed E-state index contributed by atoms with van der Waals surface area (Å²) in [5.74, 6) is 0. The highest BCUT2D eigenvalue weighted by atomic mass is 35.5. The third-order valence-corrected chi connectivity index (χ3v) is 3.77. The van der Waals surface area contributed by atoms with Crippen LogP contribution in [0.15, 0.2) is 24.3 Å². The third-order valence-electron chi connectivity index (χ3n) is 3.23. The molecule has 0 aliphatic heterocycles. The van der Waals surface area contributed by atoms with Gasteiger partial charge >= 0.3 is 0 Å². The average Bonchev–Trinajstić information content (AvgIpc) is 2.66. The summed E-state index contributed by atoms with van der Waals surface area (Å²) in [5.41, 5.74) is 4.46. The number of aryl methyl sites for hydroxylation is 1. The van der Waals surface area contributed by atoms with Crippen molar-refractivity contribution in [2.75, 3.05) is 6.54 Å². The van der Waals surface area contributed by atoms with Crippen molar-refractivity contribution in [2.45, 2.75) is 33.9 Å². The Morgan fingerprint density at radius 3 is 2.32 bits per heavy atom. The van der Waals surface area contributed by atoms with Crippen LogP contribution in [0.3, 0.4) is 0 Å². The average molecular weight is 278 g/mol. The van der Waals surface area contributed by atoms with Gasteiger partial charge < -0.3 is 5.32 Å². The number of halogens is 1. The van der Waals surface area contributed by atoms with Gasteiger partial charge in [0.15, 0.2) is 0 Å². The van der Waals surface area contributed by atoms with Crippen molar-refractivity contribution in [1.29, 1.82) is 0 Å². The van der Waals surface area contributed by atoms with Gasteiger partial charge in [-0.1, -0.05) is 42.8 Å². The molecule has 2 rings (SSSR count). The van der Waals surface area contributed by atoms with E-state index in [9.17, 15) is 0 Å². The van der Waals surface area contributed by atoms with Gasteiger partial charge in [-0.15, -0.1) is 0 Å². The van der Waals surface area contributed by atoms with Crippen LogP contribution in [-0.2, 0) is 13.1 Å². The zero-order chi connectivity index (χ0) is 13.8. The van der Waals surface area contributed by atoms with Gasteiger partial charge in [-0.3, -0.25) is 4.68 Å². The van der Waals surface area contributed by atoms with Crippen molar-refractivity contribution < 1.29 is 0 Å². The lowest BCUT2D eigenvalue weighted by Crippen LogP contribution is -2.11. The van der Waals surface area contributed by atoms with E-state index >= 15 is 0 Å². The minimum absolute atomic E-state index is 0.765. The maximum Gasteiger partial charge on any atom is 0.0844 e. The lowest BCUT2D eigenvalue weighted by Gasteiger charge is -2.07. The van der Waals surface area contributed by atoms with Crippen LogP contribution in [0.1, 0.15) is 29.4 Å². The summed E-state index contributed by atoms with van der Waals surface area (Å²) in [6.45, 7) is 8.73. The Balaban J connectivity index is 2.08. The Labute approximate surface area is 119 Å². The predicted molar refractivity (Wildman–Crippen MR) is 79.6 cm³/mol. The molecule has 0 unspecified atom stereocenters. The molecule has 0 spiro atoms. The van der Waals surface area contributed by atoms with Crippen LogP contribution in [0.5, 0.6) is 0 Å². The standard InChI is InChI=1S/C15H20ClN3/c1-4-17-9-13-5-7-14(8-6-13)10-19-12(3)15(16)11(2)18-19/h5-8,17H,4,9-10H2,1-3H3. The second kappa shape index (κ2) is 6.22. The van der Waals surface area contributed by atoms with Crippen molar-refractivity contribution in [3.05, 3.63) is 51.8 Å². The molecule has 0 saturated heterocycles. The van der Waals surface area contributed by atoms with Crippen LogP contribution in [0.25, 0.3) is 0 Å². The van der Waals surface area contributed by atoms with Crippen molar-refractivity contribution in [1.82, 2.24) is 15.1 Å². The van der Waals surface area contributed by atoms with E-state index in [1.165, 1.54) is 11.1 Å². The fourth-order valence-electron chi connectivity index (χ4n) is 2.03. The highest BCUT2D eigenvalue weighted by Gasteiger charge is 2.09. The number of nitrogens with zero attached hydrogens (tertiary/aromatic N) is 2. The van der Waals surface area contributed by atoms with Gasteiger partial charge in [0.2, 0.25) is 0 Å². The fraction of sp³-hybridized carbons (Fsp3) is 0.400. The molecule has 3 nitrogen and oxygen atoms in total. The Bertz CT molecular complexity index is 543. The van der Waals surface area contributed by atoms with Crippen molar-refractivity contribution in [2.24, 2.45) is 0 Å². The van der Waals surface area contributed by atoms with Crippen LogP contribution in [-0.4, -0.2) is 16.3 Å². The van der Waals surface area contributed by atoms with E-state index in [1.807, 2.05) is 18.5 Å². The van der Waals surface area contributed by atoms with Crippen LogP contribution in [0.2, 0.25) is 5.02 Å². The SMILES string of the molecule is CCNCc1ccc(Cn2nc(C)c(Cl)c2C)cc1. The molecule has 0 radical (unpaired) electrons. The summed E-state index contributed by atoms with van der Waals surface area (Å²) in [6, 6.07) is 8.62. The molecule has 0 atom stereocenters. The fourth-order valence-corrected chi connectivity index (χ4v) is 2.17. The van der Waals surface area contributed by atoms with Gasteiger partial charge in [-0.05, 0) is 31.5 Å². The topological polar surface area (TPSA) is 29.9 Å². The summed E-state index contributed by atoms with van der Waals surface area (Å²) in [6.07, 6.45) is 0. The molecule has 0 fully saturated rings. The van der Waals surface area contributed by atoms with Crippen LogP contribution in [0.4, 0.5) is 0 Å². The molecule has 0 amide bonds. The third kappa shape index (κ3) is 3.37. The number of benzene rings is 1. The highest BCUT2D eigenvalue weighted by molar-refractivity contribution is 6.31. The minimum atomic E-state index is 0.765. The molecule has 2 aromatic rings. The number of hydrogen-bond donors (Lipinski definition) is 1. The summed E-state index contributed by atoms with van der Waals surface area (Å²) in [7, 11) is 0. The smallest absolute Gasteiger partial charge is 0.0844 e. The lowest BCUT2D eigenvalue weighted by molar-refractivity contribution is 0.658. The maximum atomic E-state index is 6.16. The summed E-state index contributed by atoms with van der Waals surface area (Å²) in [5, 5.41) is 8.54. The largest absolute Gasteiger partial charge is 0.313 e. The molecule has 0 saturated carbocycles. The van der Waals surface area contributed by atoms with E-state index in [1.54, 1.807) is 0 Å². The van der Waals surface area contributed by atoms with E-state index in [-0.39, 0.29) is 0 Å². The van der Waals surface area contributed by atoms with Gasteiger partial charge in [0.25, 0.3) is 0 Å². The molecule has 0 bridgehead atoms. The second-order valence-electron chi connectivity index (χ2n) is 4.74. The highest BCUT2D eigenvalue weighted by Crippen LogP contribution is 2.19. The number of nitrogens with one attached hydrogen (secondary N) is 1. The zero-order valence-corrected chi connectivity index (χ0v) is 12.5. The van der Waals surface area contributed by atoms with Gasteiger partial charge in [-0.2, -0.15) is 5.10 Å². The zero-order valence-electron chi connectivity index (χ0n) is 11.7. The van der Waals surface area contributed by atoms with Gasteiger partial charge in [0.05, 0.1) is 23.0 Å².